The lowest BCUT2D eigenvalue weighted by Crippen LogP contribution is -2.48. The van der Waals surface area contributed by atoms with Gasteiger partial charge in [-0.15, -0.1) is 6.58 Å². The fourth-order valence-electron chi connectivity index (χ4n) is 3.34. The quantitative estimate of drug-likeness (QED) is 0.826. The van der Waals surface area contributed by atoms with Crippen LogP contribution >= 0.6 is 0 Å². The Morgan fingerprint density at radius 1 is 1.05 bits per heavy atom. The summed E-state index contributed by atoms with van der Waals surface area (Å²) in [6.45, 7) is 5.01. The minimum absolute atomic E-state index is 0.00204. The smallest absolute Gasteiger partial charge is 0.0512 e. The maximum Gasteiger partial charge on any atom is 0.0512 e. The van der Waals surface area contributed by atoms with Gasteiger partial charge in [0, 0.05) is 6.54 Å². The van der Waals surface area contributed by atoms with Crippen LogP contribution in [0.1, 0.15) is 23.1 Å². The van der Waals surface area contributed by atoms with E-state index < -0.39 is 0 Å². The monoisotopic (exact) mass is 263 g/mol. The summed E-state index contributed by atoms with van der Waals surface area (Å²) < 4.78 is 0. The standard InChI is InChI=1S/C19H21N/c1-2-13-19(15-16-8-4-3-5-9-16)18-11-7-6-10-17(18)12-14-20-19/h2-11,20H,1,12-15H2. The highest BCUT2D eigenvalue weighted by atomic mass is 15.0. The number of rotatable bonds is 4. The van der Waals surface area contributed by atoms with E-state index in [2.05, 4.69) is 66.5 Å². The van der Waals surface area contributed by atoms with E-state index in [-0.39, 0.29) is 5.54 Å². The maximum atomic E-state index is 3.97. The van der Waals surface area contributed by atoms with Crippen LogP contribution in [0.5, 0.6) is 0 Å². The van der Waals surface area contributed by atoms with Crippen LogP contribution in [0.15, 0.2) is 67.3 Å². The Kier molecular flexibility index (Phi) is 3.70. The second-order valence-corrected chi connectivity index (χ2v) is 5.57. The Balaban J connectivity index is 2.03. The van der Waals surface area contributed by atoms with E-state index in [0.29, 0.717) is 0 Å². The van der Waals surface area contributed by atoms with Crippen molar-refractivity contribution >= 4 is 0 Å². The lowest BCUT2D eigenvalue weighted by Gasteiger charge is -2.40. The minimum atomic E-state index is -0.00204. The highest BCUT2D eigenvalue weighted by Gasteiger charge is 2.34. The predicted molar refractivity (Wildman–Crippen MR) is 84.8 cm³/mol. The zero-order valence-electron chi connectivity index (χ0n) is 11.8. The van der Waals surface area contributed by atoms with Gasteiger partial charge in [0.25, 0.3) is 0 Å². The molecule has 2 aromatic carbocycles. The number of nitrogens with one attached hydrogen (secondary N) is 1. The molecule has 1 aliphatic rings. The summed E-state index contributed by atoms with van der Waals surface area (Å²) in [7, 11) is 0. The molecule has 0 aromatic heterocycles. The first-order chi connectivity index (χ1) is 9.84. The maximum absolute atomic E-state index is 3.97. The third-order valence-electron chi connectivity index (χ3n) is 4.23. The molecule has 0 radical (unpaired) electrons. The molecule has 1 aliphatic heterocycles. The van der Waals surface area contributed by atoms with Crippen LogP contribution in [-0.4, -0.2) is 6.54 Å². The molecule has 0 fully saturated rings. The molecule has 20 heavy (non-hydrogen) atoms. The average molecular weight is 263 g/mol. The third kappa shape index (κ3) is 2.41. The van der Waals surface area contributed by atoms with E-state index in [4.69, 9.17) is 0 Å². The molecule has 1 nitrogen and oxygen atoms in total. The molecule has 1 heterocycles. The van der Waals surface area contributed by atoms with E-state index >= 15 is 0 Å². The summed E-state index contributed by atoms with van der Waals surface area (Å²) in [6, 6.07) is 19.6. The van der Waals surface area contributed by atoms with Crippen LogP contribution in [0.3, 0.4) is 0 Å². The van der Waals surface area contributed by atoms with Gasteiger partial charge >= 0.3 is 0 Å². The highest BCUT2D eigenvalue weighted by molar-refractivity contribution is 5.38. The summed E-state index contributed by atoms with van der Waals surface area (Å²) >= 11 is 0. The zero-order chi connectivity index (χ0) is 13.8. The van der Waals surface area contributed by atoms with Crippen LogP contribution in [0.4, 0.5) is 0 Å². The summed E-state index contributed by atoms with van der Waals surface area (Å²) in [4.78, 5) is 0. The highest BCUT2D eigenvalue weighted by Crippen LogP contribution is 2.35. The van der Waals surface area contributed by atoms with Crippen molar-refractivity contribution in [2.24, 2.45) is 0 Å². The summed E-state index contributed by atoms with van der Waals surface area (Å²) in [5.74, 6) is 0. The summed E-state index contributed by atoms with van der Waals surface area (Å²) in [5.41, 5.74) is 4.29. The minimum Gasteiger partial charge on any atom is -0.307 e. The Morgan fingerprint density at radius 2 is 1.80 bits per heavy atom. The average Bonchev–Trinajstić information content (AvgIpc) is 2.49. The third-order valence-corrected chi connectivity index (χ3v) is 4.23. The van der Waals surface area contributed by atoms with Crippen molar-refractivity contribution in [3.8, 4) is 0 Å². The summed E-state index contributed by atoms with van der Waals surface area (Å²) in [6.07, 6.45) is 5.12. The van der Waals surface area contributed by atoms with Gasteiger partial charge in [0.1, 0.15) is 0 Å². The van der Waals surface area contributed by atoms with Gasteiger partial charge in [-0.2, -0.15) is 0 Å². The molecule has 0 saturated carbocycles. The van der Waals surface area contributed by atoms with E-state index in [0.717, 1.165) is 25.8 Å². The first kappa shape index (κ1) is 13.1. The van der Waals surface area contributed by atoms with Crippen molar-refractivity contribution in [3.05, 3.63) is 83.9 Å². The van der Waals surface area contributed by atoms with Crippen LogP contribution < -0.4 is 5.32 Å². The Labute approximate surface area is 121 Å². The molecule has 2 aromatic rings. The van der Waals surface area contributed by atoms with E-state index in [1.54, 1.807) is 0 Å². The van der Waals surface area contributed by atoms with Gasteiger partial charge in [0.2, 0.25) is 0 Å². The van der Waals surface area contributed by atoms with Gasteiger partial charge in [0.15, 0.2) is 0 Å². The molecule has 1 unspecified atom stereocenters. The first-order valence-electron chi connectivity index (χ1n) is 7.32. The number of hydrogen-bond acceptors (Lipinski definition) is 1. The fraction of sp³-hybridized carbons (Fsp3) is 0.263. The van der Waals surface area contributed by atoms with Gasteiger partial charge < -0.3 is 5.32 Å². The van der Waals surface area contributed by atoms with E-state index in [1.165, 1.54) is 16.7 Å². The molecule has 1 N–H and O–H groups in total. The van der Waals surface area contributed by atoms with Crippen molar-refractivity contribution in [1.29, 1.82) is 0 Å². The van der Waals surface area contributed by atoms with E-state index in [1.807, 2.05) is 6.08 Å². The van der Waals surface area contributed by atoms with Crippen molar-refractivity contribution in [2.45, 2.75) is 24.8 Å². The molecule has 0 saturated heterocycles. The fourth-order valence-corrected chi connectivity index (χ4v) is 3.34. The molecule has 0 aliphatic carbocycles. The Morgan fingerprint density at radius 3 is 2.60 bits per heavy atom. The number of benzene rings is 2. The number of fused-ring (bicyclic) bond motifs is 1. The molecule has 0 spiro atoms. The molecule has 1 heteroatoms. The predicted octanol–water partition coefficient (Wildman–Crippen LogP) is 3.85. The number of hydrogen-bond donors (Lipinski definition) is 1. The van der Waals surface area contributed by atoms with E-state index in [9.17, 15) is 0 Å². The molecule has 1 atom stereocenters. The Bertz CT molecular complexity index is 588. The van der Waals surface area contributed by atoms with Crippen molar-refractivity contribution in [1.82, 2.24) is 5.32 Å². The van der Waals surface area contributed by atoms with Gasteiger partial charge in [-0.05, 0) is 36.0 Å². The molecule has 0 bridgehead atoms. The second kappa shape index (κ2) is 5.64. The van der Waals surface area contributed by atoms with Crippen LogP contribution in [0.2, 0.25) is 0 Å². The largest absolute Gasteiger partial charge is 0.307 e. The topological polar surface area (TPSA) is 12.0 Å². The second-order valence-electron chi connectivity index (χ2n) is 5.57. The van der Waals surface area contributed by atoms with Crippen molar-refractivity contribution in [3.63, 3.8) is 0 Å². The van der Waals surface area contributed by atoms with Crippen molar-refractivity contribution in [2.75, 3.05) is 6.54 Å². The first-order valence-corrected chi connectivity index (χ1v) is 7.32. The molecule has 3 rings (SSSR count). The lowest BCUT2D eigenvalue weighted by molar-refractivity contribution is 0.315. The van der Waals surface area contributed by atoms with Gasteiger partial charge in [0.05, 0.1) is 5.54 Å². The van der Waals surface area contributed by atoms with Crippen LogP contribution in [0, 0.1) is 0 Å². The molecular formula is C19H21N. The van der Waals surface area contributed by atoms with Gasteiger partial charge in [-0.3, -0.25) is 0 Å². The van der Waals surface area contributed by atoms with Crippen molar-refractivity contribution < 1.29 is 0 Å². The van der Waals surface area contributed by atoms with Crippen LogP contribution in [0.25, 0.3) is 0 Å². The SMILES string of the molecule is C=CCC1(Cc2ccccc2)NCCc2ccccc21. The van der Waals surface area contributed by atoms with Gasteiger partial charge in [-0.1, -0.05) is 60.7 Å². The van der Waals surface area contributed by atoms with Crippen LogP contribution in [-0.2, 0) is 18.4 Å². The Hall–Kier alpha value is -1.86. The molecule has 0 amide bonds. The molecular weight excluding hydrogens is 242 g/mol. The molecule has 102 valence electrons. The lowest BCUT2D eigenvalue weighted by atomic mass is 9.76. The zero-order valence-corrected chi connectivity index (χ0v) is 11.8. The summed E-state index contributed by atoms with van der Waals surface area (Å²) in [5, 5.41) is 3.77. The normalized spacial score (nSPS) is 21.2. The van der Waals surface area contributed by atoms with Gasteiger partial charge in [-0.25, -0.2) is 0 Å².